The van der Waals surface area contributed by atoms with Gasteiger partial charge in [0.1, 0.15) is 5.54 Å². The molecule has 0 aliphatic rings. The van der Waals surface area contributed by atoms with Crippen LogP contribution in [0.1, 0.15) is 77.2 Å². The Morgan fingerprint density at radius 1 is 0.870 bits per heavy atom. The van der Waals surface area contributed by atoms with Gasteiger partial charge in [-0.2, -0.15) is 4.65 Å². The number of hydroxylamine groups is 3. The van der Waals surface area contributed by atoms with E-state index >= 15 is 0 Å². The van der Waals surface area contributed by atoms with Crippen molar-refractivity contribution in [1.82, 2.24) is 0 Å². The maximum absolute atomic E-state index is 10.8. The van der Waals surface area contributed by atoms with Gasteiger partial charge >= 0.3 is 0 Å². The summed E-state index contributed by atoms with van der Waals surface area (Å²) in [4.78, 5) is 0. The van der Waals surface area contributed by atoms with Crippen molar-refractivity contribution in [2.24, 2.45) is 0 Å². The van der Waals surface area contributed by atoms with Crippen molar-refractivity contribution in [3.63, 3.8) is 0 Å². The zero-order valence-electron chi connectivity index (χ0n) is 15.9. The Bertz CT molecular complexity index is 410. The van der Waals surface area contributed by atoms with E-state index in [1.165, 1.54) is 50.5 Å². The second-order valence-electron chi connectivity index (χ2n) is 7.51. The Balaban J connectivity index is 2.59. The predicted octanol–water partition coefficient (Wildman–Crippen LogP) is 5.98. The molecule has 0 aromatic heterocycles. The Labute approximate surface area is 144 Å². The molecule has 0 bridgehead atoms. The van der Waals surface area contributed by atoms with Crippen LogP contribution in [-0.2, 0) is 6.42 Å². The molecule has 0 radical (unpaired) electrons. The van der Waals surface area contributed by atoms with Gasteiger partial charge in [-0.05, 0) is 12.0 Å². The monoisotopic (exact) mass is 320 g/mol. The minimum absolute atomic E-state index is 0.0637. The molecule has 1 unspecified atom stereocenters. The van der Waals surface area contributed by atoms with Gasteiger partial charge in [0.25, 0.3) is 0 Å². The Kier molecular flexibility index (Phi) is 8.86. The van der Waals surface area contributed by atoms with Gasteiger partial charge in [-0.25, -0.2) is 5.21 Å². The molecule has 0 amide bonds. The first-order valence-corrected chi connectivity index (χ1v) is 9.56. The molecule has 1 atom stereocenters. The minimum atomic E-state index is -0.0786. The highest BCUT2D eigenvalue weighted by Gasteiger charge is 2.43. The van der Waals surface area contributed by atoms with Gasteiger partial charge in [0.15, 0.2) is 0 Å². The third-order valence-electron chi connectivity index (χ3n) is 5.44. The first-order valence-electron chi connectivity index (χ1n) is 9.56. The Morgan fingerprint density at radius 2 is 1.43 bits per heavy atom. The third kappa shape index (κ3) is 6.64. The predicted molar refractivity (Wildman–Crippen MR) is 99.7 cm³/mol. The molecule has 0 saturated heterocycles. The molecular weight excluding hydrogens is 282 g/mol. The lowest BCUT2D eigenvalue weighted by Crippen LogP contribution is -2.58. The van der Waals surface area contributed by atoms with E-state index in [1.807, 2.05) is 14.1 Å². The summed E-state index contributed by atoms with van der Waals surface area (Å²) in [6, 6.07) is 10.6. The number of likely N-dealkylation sites (N-methyl/N-ethyl adjacent to an activating group) is 1. The zero-order chi connectivity index (χ0) is 17.2. The summed E-state index contributed by atoms with van der Waals surface area (Å²) in [7, 11) is 3.88. The number of hydrogen-bond acceptors (Lipinski definition) is 1. The third-order valence-corrected chi connectivity index (χ3v) is 5.44. The molecule has 0 aliphatic heterocycles. The fraction of sp³-hybridized carbons (Fsp3) is 0.714. The molecule has 0 aliphatic carbocycles. The van der Waals surface area contributed by atoms with Crippen molar-refractivity contribution < 1.29 is 9.85 Å². The molecule has 132 valence electrons. The number of nitrogens with zero attached hydrogens (tertiary/aromatic N) is 1. The molecule has 1 aromatic carbocycles. The highest BCUT2D eigenvalue weighted by atomic mass is 16.5. The van der Waals surface area contributed by atoms with Crippen LogP contribution in [0.4, 0.5) is 0 Å². The summed E-state index contributed by atoms with van der Waals surface area (Å²) in [6.07, 6.45) is 12.3. The van der Waals surface area contributed by atoms with Crippen LogP contribution in [0.3, 0.4) is 0 Å². The van der Waals surface area contributed by atoms with Gasteiger partial charge in [0, 0.05) is 19.3 Å². The van der Waals surface area contributed by atoms with E-state index in [1.54, 1.807) is 0 Å². The second kappa shape index (κ2) is 10.1. The van der Waals surface area contributed by atoms with Gasteiger partial charge in [-0.3, -0.25) is 0 Å². The lowest BCUT2D eigenvalue weighted by atomic mass is 9.81. The lowest BCUT2D eigenvalue weighted by molar-refractivity contribution is -1.11. The van der Waals surface area contributed by atoms with Crippen LogP contribution in [0.2, 0.25) is 0 Å². The highest BCUT2D eigenvalue weighted by Crippen LogP contribution is 2.33. The Hall–Kier alpha value is -0.860. The number of rotatable bonds is 12. The average molecular weight is 321 g/mol. The summed E-state index contributed by atoms with van der Waals surface area (Å²) < 4.78 is 0.0637. The molecule has 1 rings (SSSR count). The average Bonchev–Trinajstić information content (AvgIpc) is 2.52. The van der Waals surface area contributed by atoms with Gasteiger partial charge in [-0.1, -0.05) is 82.7 Å². The van der Waals surface area contributed by atoms with Crippen molar-refractivity contribution in [1.29, 1.82) is 0 Å². The molecule has 1 aromatic rings. The number of quaternary nitrogens is 1. The summed E-state index contributed by atoms with van der Waals surface area (Å²) in [5.41, 5.74) is 1.25. The van der Waals surface area contributed by atoms with E-state index < -0.39 is 0 Å². The van der Waals surface area contributed by atoms with E-state index in [2.05, 4.69) is 44.2 Å². The maximum Gasteiger partial charge on any atom is 0.132 e. The van der Waals surface area contributed by atoms with Gasteiger partial charge in [-0.15, -0.1) is 0 Å². The largest absolute Gasteiger partial charge is 0.217 e. The minimum Gasteiger partial charge on any atom is -0.217 e. The number of benzene rings is 1. The summed E-state index contributed by atoms with van der Waals surface area (Å²) in [5.74, 6) is 0. The van der Waals surface area contributed by atoms with E-state index in [9.17, 15) is 5.21 Å². The van der Waals surface area contributed by atoms with Crippen LogP contribution in [0.25, 0.3) is 0 Å². The summed E-state index contributed by atoms with van der Waals surface area (Å²) in [6.45, 7) is 4.49. The molecule has 0 saturated carbocycles. The topological polar surface area (TPSA) is 20.2 Å². The molecular formula is C21H38NO+. The quantitative estimate of drug-likeness (QED) is 0.285. The summed E-state index contributed by atoms with van der Waals surface area (Å²) >= 11 is 0. The first kappa shape index (κ1) is 20.2. The van der Waals surface area contributed by atoms with Crippen LogP contribution < -0.4 is 0 Å². The lowest BCUT2D eigenvalue weighted by Gasteiger charge is -2.43. The van der Waals surface area contributed by atoms with Gasteiger partial charge in [0.2, 0.25) is 0 Å². The molecule has 23 heavy (non-hydrogen) atoms. The fourth-order valence-corrected chi connectivity index (χ4v) is 3.63. The first-order chi connectivity index (χ1) is 10.9. The normalized spacial score (nSPS) is 14.7. The van der Waals surface area contributed by atoms with E-state index in [-0.39, 0.29) is 10.2 Å². The van der Waals surface area contributed by atoms with Crippen molar-refractivity contribution in [3.05, 3.63) is 35.9 Å². The van der Waals surface area contributed by atoms with Crippen LogP contribution in [0, 0.1) is 0 Å². The molecule has 0 heterocycles. The van der Waals surface area contributed by atoms with Crippen molar-refractivity contribution in [3.8, 4) is 0 Å². The molecule has 0 spiro atoms. The van der Waals surface area contributed by atoms with Crippen molar-refractivity contribution >= 4 is 0 Å². The van der Waals surface area contributed by atoms with Crippen LogP contribution in [0.5, 0.6) is 0 Å². The van der Waals surface area contributed by atoms with Gasteiger partial charge in [0.05, 0.1) is 14.1 Å². The Morgan fingerprint density at radius 3 is 1.96 bits per heavy atom. The van der Waals surface area contributed by atoms with E-state index in [0.29, 0.717) is 0 Å². The summed E-state index contributed by atoms with van der Waals surface area (Å²) in [5, 5.41) is 10.8. The van der Waals surface area contributed by atoms with Crippen LogP contribution >= 0.6 is 0 Å². The fourth-order valence-electron chi connectivity index (χ4n) is 3.63. The van der Waals surface area contributed by atoms with Crippen LogP contribution in [0.15, 0.2) is 30.3 Å². The number of unbranched alkanes of at least 4 members (excludes halogenated alkanes) is 6. The van der Waals surface area contributed by atoms with E-state index in [0.717, 1.165) is 19.3 Å². The highest BCUT2D eigenvalue weighted by molar-refractivity contribution is 5.17. The van der Waals surface area contributed by atoms with Crippen molar-refractivity contribution in [2.75, 3.05) is 14.1 Å². The smallest absolute Gasteiger partial charge is 0.132 e. The molecule has 1 N–H and O–H groups in total. The maximum atomic E-state index is 10.8. The SMILES string of the molecule is CCCCCCCCCC(CC)(Cc1ccccc1)[N+](C)(C)O. The molecule has 2 heteroatoms. The second-order valence-corrected chi connectivity index (χ2v) is 7.51. The molecule has 2 nitrogen and oxygen atoms in total. The van der Waals surface area contributed by atoms with Crippen molar-refractivity contribution in [2.45, 2.75) is 83.6 Å². The van der Waals surface area contributed by atoms with Crippen LogP contribution in [-0.4, -0.2) is 29.5 Å². The van der Waals surface area contributed by atoms with Gasteiger partial charge < -0.3 is 0 Å². The molecule has 0 fully saturated rings. The zero-order valence-corrected chi connectivity index (χ0v) is 15.9. The number of hydrogen-bond donors (Lipinski definition) is 1. The standard InChI is InChI=1S/C21H38NO/c1-5-7-8-9-10-11-15-18-21(6-2,22(3,4)23)19-20-16-13-12-14-17-20/h12-14,16-17,23H,5-11,15,18-19H2,1-4H3/q+1. The van der Waals surface area contributed by atoms with E-state index in [4.69, 9.17) is 0 Å².